The van der Waals surface area contributed by atoms with Crippen LogP contribution in [0.4, 0.5) is 5.69 Å². The molecule has 10 aromatic rings. The van der Waals surface area contributed by atoms with Crippen molar-refractivity contribution in [2.75, 3.05) is 0 Å². The van der Waals surface area contributed by atoms with E-state index in [1.807, 2.05) is 36.4 Å². The minimum Gasteiger partial charge on any atom is -0.309 e. The molecule has 4 nitrogen and oxygen atoms in total. The van der Waals surface area contributed by atoms with Crippen molar-refractivity contribution in [2.24, 2.45) is 0 Å². The maximum absolute atomic E-state index is 7.78. The van der Waals surface area contributed by atoms with Crippen LogP contribution in [-0.4, -0.2) is 14.5 Å². The van der Waals surface area contributed by atoms with Crippen molar-refractivity contribution < 1.29 is 0 Å². The summed E-state index contributed by atoms with van der Waals surface area (Å²) in [4.78, 5) is 13.8. The molecule has 0 atom stereocenters. The van der Waals surface area contributed by atoms with Crippen molar-refractivity contribution in [3.63, 3.8) is 0 Å². The molecule has 49 heavy (non-hydrogen) atoms. The molecule has 0 spiro atoms. The lowest BCUT2D eigenvalue weighted by atomic mass is 9.99. The van der Waals surface area contributed by atoms with E-state index in [0.29, 0.717) is 5.69 Å². The van der Waals surface area contributed by atoms with Crippen LogP contribution in [0.15, 0.2) is 146 Å². The van der Waals surface area contributed by atoms with Gasteiger partial charge >= 0.3 is 0 Å². The Kier molecular flexibility index (Phi) is 6.25. The summed E-state index contributed by atoms with van der Waals surface area (Å²) in [5.74, 6) is 0. The van der Waals surface area contributed by atoms with E-state index < -0.39 is 0 Å². The van der Waals surface area contributed by atoms with E-state index in [9.17, 15) is 0 Å². The average Bonchev–Trinajstić information content (AvgIpc) is 3.88. The van der Waals surface area contributed by atoms with Crippen LogP contribution in [-0.2, 0) is 0 Å². The Morgan fingerprint density at radius 1 is 0.490 bits per heavy atom. The molecule has 0 aliphatic rings. The number of para-hydroxylation sites is 2. The third-order valence-corrected chi connectivity index (χ3v) is 11.4. The molecule has 6 heteroatoms. The highest BCUT2D eigenvalue weighted by Gasteiger charge is 2.17. The van der Waals surface area contributed by atoms with Crippen LogP contribution < -0.4 is 0 Å². The zero-order chi connectivity index (χ0) is 32.5. The summed E-state index contributed by atoms with van der Waals surface area (Å²) >= 11 is 3.46. The van der Waals surface area contributed by atoms with Crippen molar-refractivity contribution in [1.29, 1.82) is 0 Å². The van der Waals surface area contributed by atoms with Crippen LogP contribution >= 0.6 is 22.7 Å². The van der Waals surface area contributed by atoms with E-state index in [4.69, 9.17) is 16.5 Å². The number of benzene rings is 7. The fourth-order valence-corrected chi connectivity index (χ4v) is 8.84. The molecular weight excluding hydrogens is 637 g/mol. The van der Waals surface area contributed by atoms with Crippen LogP contribution in [0, 0.1) is 6.57 Å². The summed E-state index contributed by atoms with van der Waals surface area (Å²) in [6, 6.07) is 51.0. The smallest absolute Gasteiger partial charge is 0.195 e. The van der Waals surface area contributed by atoms with E-state index in [0.717, 1.165) is 70.8 Å². The predicted molar refractivity (Wildman–Crippen MR) is 207 cm³/mol. The van der Waals surface area contributed by atoms with Crippen molar-refractivity contribution in [2.45, 2.75) is 0 Å². The van der Waals surface area contributed by atoms with Gasteiger partial charge in [-0.3, -0.25) is 0 Å². The Morgan fingerprint density at radius 3 is 1.63 bits per heavy atom. The number of hydrogen-bond donors (Lipinski definition) is 0. The van der Waals surface area contributed by atoms with Crippen LogP contribution in [0.2, 0.25) is 0 Å². The van der Waals surface area contributed by atoms with Crippen molar-refractivity contribution in [3.8, 4) is 38.0 Å². The lowest BCUT2D eigenvalue weighted by Gasteiger charge is -2.11. The molecule has 0 saturated heterocycles. The molecule has 7 aromatic carbocycles. The second-order valence-electron chi connectivity index (χ2n) is 12.1. The second kappa shape index (κ2) is 11.0. The summed E-state index contributed by atoms with van der Waals surface area (Å²) in [7, 11) is 0. The zero-order valence-electron chi connectivity index (χ0n) is 26.0. The molecule has 0 aliphatic carbocycles. The SMILES string of the molecule is [C-]#[N+]c1cc(-c2ccc(-n3c4ccc(-c5nc6ccccc6s5)cc4c4cc(-c5nc6ccccc6s5)ccc43)cc2)cc2ccccc12. The highest BCUT2D eigenvalue weighted by atomic mass is 32.1. The molecule has 228 valence electrons. The van der Waals surface area contributed by atoms with Gasteiger partial charge in [0.05, 0.1) is 38.0 Å². The quantitative estimate of drug-likeness (QED) is 0.176. The van der Waals surface area contributed by atoms with Gasteiger partial charge in [-0.1, -0.05) is 60.7 Å². The predicted octanol–water partition coefficient (Wildman–Crippen LogP) is 12.7. The molecule has 0 bridgehead atoms. The van der Waals surface area contributed by atoms with E-state index in [-0.39, 0.29) is 0 Å². The van der Waals surface area contributed by atoms with Crippen LogP contribution in [0.3, 0.4) is 0 Å². The van der Waals surface area contributed by atoms with Crippen molar-refractivity contribution in [1.82, 2.24) is 14.5 Å². The van der Waals surface area contributed by atoms with Crippen molar-refractivity contribution >= 4 is 81.4 Å². The fourth-order valence-electron chi connectivity index (χ4n) is 6.91. The summed E-state index contributed by atoms with van der Waals surface area (Å²) < 4.78 is 4.73. The van der Waals surface area contributed by atoms with E-state index >= 15 is 0 Å². The third-order valence-electron chi connectivity index (χ3n) is 9.27. The first-order valence-corrected chi connectivity index (χ1v) is 17.6. The minimum atomic E-state index is 0.674. The van der Waals surface area contributed by atoms with Gasteiger partial charge < -0.3 is 4.57 Å². The number of aromatic nitrogens is 3. The molecule has 0 amide bonds. The molecule has 0 fully saturated rings. The number of fused-ring (bicyclic) bond motifs is 6. The second-order valence-corrected chi connectivity index (χ2v) is 14.2. The minimum absolute atomic E-state index is 0.674. The first-order chi connectivity index (χ1) is 24.2. The first-order valence-electron chi connectivity index (χ1n) is 16.0. The van der Waals surface area contributed by atoms with E-state index in [1.54, 1.807) is 22.7 Å². The van der Waals surface area contributed by atoms with Gasteiger partial charge in [-0.05, 0) is 107 Å². The molecule has 3 heterocycles. The van der Waals surface area contributed by atoms with Gasteiger partial charge in [0.2, 0.25) is 0 Å². The average molecular weight is 661 g/mol. The zero-order valence-corrected chi connectivity index (χ0v) is 27.6. The summed E-state index contributed by atoms with van der Waals surface area (Å²) in [5.41, 5.74) is 10.4. The van der Waals surface area contributed by atoms with Gasteiger partial charge in [0, 0.05) is 27.6 Å². The number of nitrogens with zero attached hydrogens (tertiary/aromatic N) is 4. The maximum Gasteiger partial charge on any atom is 0.195 e. The summed E-state index contributed by atoms with van der Waals surface area (Å²) in [6.45, 7) is 7.78. The largest absolute Gasteiger partial charge is 0.309 e. The normalized spacial score (nSPS) is 11.7. The molecule has 0 aliphatic heterocycles. The van der Waals surface area contributed by atoms with Gasteiger partial charge in [0.25, 0.3) is 0 Å². The van der Waals surface area contributed by atoms with E-state index in [2.05, 4.69) is 119 Å². The summed E-state index contributed by atoms with van der Waals surface area (Å²) in [5, 5.41) is 6.45. The van der Waals surface area contributed by atoms with Gasteiger partial charge in [-0.15, -0.1) is 22.7 Å². The standard InChI is InChI=1S/C43H24N4S2/c1-44-37-25-30(22-27-8-2-3-9-32(27)37)26-14-18-31(19-15-26)47-38-20-16-28(42-45-35-10-4-6-12-40(35)48-42)23-33(38)34-24-29(17-21-39(34)47)43-46-36-11-5-7-13-41(36)49-43/h2-25H. The van der Waals surface area contributed by atoms with Gasteiger partial charge in [-0.25, -0.2) is 14.8 Å². The molecular formula is C43H24N4S2. The fraction of sp³-hybridized carbons (Fsp3) is 0. The van der Waals surface area contributed by atoms with Gasteiger partial charge in [0.1, 0.15) is 10.0 Å². The Labute approximate surface area is 289 Å². The highest BCUT2D eigenvalue weighted by Crippen LogP contribution is 2.40. The molecule has 0 unspecified atom stereocenters. The Bertz CT molecular complexity index is 2760. The number of hydrogen-bond acceptors (Lipinski definition) is 4. The molecule has 0 saturated carbocycles. The number of thiazole rings is 2. The van der Waals surface area contributed by atoms with Crippen LogP contribution in [0.5, 0.6) is 0 Å². The first kappa shape index (κ1) is 27.9. The van der Waals surface area contributed by atoms with Gasteiger partial charge in [0.15, 0.2) is 5.69 Å². The lowest BCUT2D eigenvalue weighted by molar-refractivity contribution is 1.18. The molecule has 0 radical (unpaired) electrons. The van der Waals surface area contributed by atoms with E-state index in [1.165, 1.54) is 20.2 Å². The maximum atomic E-state index is 7.78. The Balaban J connectivity index is 1.15. The Hall–Kier alpha value is -6.13. The topological polar surface area (TPSA) is 35.1 Å². The van der Waals surface area contributed by atoms with Crippen LogP contribution in [0.25, 0.3) is 95.8 Å². The van der Waals surface area contributed by atoms with Crippen LogP contribution in [0.1, 0.15) is 0 Å². The lowest BCUT2D eigenvalue weighted by Crippen LogP contribution is -1.94. The summed E-state index contributed by atoms with van der Waals surface area (Å²) in [6.07, 6.45) is 0. The molecule has 3 aromatic heterocycles. The molecule has 10 rings (SSSR count). The molecule has 0 N–H and O–H groups in total. The third kappa shape index (κ3) is 4.56. The van der Waals surface area contributed by atoms with Gasteiger partial charge in [-0.2, -0.15) is 0 Å². The highest BCUT2D eigenvalue weighted by molar-refractivity contribution is 7.22. The van der Waals surface area contributed by atoms with Crippen molar-refractivity contribution in [3.05, 3.63) is 157 Å². The number of rotatable bonds is 4. The Morgan fingerprint density at radius 2 is 1.04 bits per heavy atom. The monoisotopic (exact) mass is 660 g/mol.